The van der Waals surface area contributed by atoms with Gasteiger partial charge in [-0.2, -0.15) is 0 Å². The summed E-state index contributed by atoms with van der Waals surface area (Å²) in [5.74, 6) is 0.494. The molecule has 0 bridgehead atoms. The van der Waals surface area contributed by atoms with Crippen LogP contribution in [0.4, 0.5) is 0 Å². The molecule has 0 atom stereocenters. The van der Waals surface area contributed by atoms with Crippen molar-refractivity contribution >= 4 is 6.47 Å². The summed E-state index contributed by atoms with van der Waals surface area (Å²) >= 11 is 0. The summed E-state index contributed by atoms with van der Waals surface area (Å²) in [5.41, 5.74) is 1.05. The van der Waals surface area contributed by atoms with E-state index >= 15 is 0 Å². The molecule has 15 heavy (non-hydrogen) atoms. The first-order valence-electron chi connectivity index (χ1n) is 4.47. The molecule has 0 aliphatic carbocycles. The first kappa shape index (κ1) is 14.3. The number of rotatable bonds is 5. The van der Waals surface area contributed by atoms with Crippen molar-refractivity contribution in [3.05, 3.63) is 29.8 Å². The third-order valence-electron chi connectivity index (χ3n) is 1.67. The van der Waals surface area contributed by atoms with Crippen molar-refractivity contribution in [1.29, 1.82) is 0 Å². The summed E-state index contributed by atoms with van der Waals surface area (Å²) < 4.78 is 9.95. The quantitative estimate of drug-likeness (QED) is 0.735. The number of ether oxygens (including phenoxy) is 2. The van der Waals surface area contributed by atoms with Gasteiger partial charge in [-0.1, -0.05) is 12.1 Å². The molecule has 0 spiro atoms. The van der Waals surface area contributed by atoms with Crippen molar-refractivity contribution < 1.29 is 34.7 Å². The van der Waals surface area contributed by atoms with Crippen molar-refractivity contribution in [2.45, 2.75) is 26.6 Å². The van der Waals surface area contributed by atoms with Gasteiger partial charge in [0.15, 0.2) is 6.47 Å². The molecular weight excluding hydrogens is 366 g/mol. The second-order valence-electron chi connectivity index (χ2n) is 3.19. The molecule has 1 aromatic rings. The molecule has 0 aliphatic rings. The van der Waals surface area contributed by atoms with E-state index in [9.17, 15) is 4.79 Å². The molecule has 1 aromatic carbocycles. The molecule has 1 radical (unpaired) electrons. The number of hydrogen-bond acceptors (Lipinski definition) is 3. The molecule has 0 fully saturated rings. The summed E-state index contributed by atoms with van der Waals surface area (Å²) in [5, 5.41) is 0. The maximum Gasteiger partial charge on any atom is 0.170 e. The number of benzene rings is 1. The van der Waals surface area contributed by atoms with Gasteiger partial charge >= 0.3 is 0 Å². The third-order valence-corrected chi connectivity index (χ3v) is 1.67. The maximum absolute atomic E-state index is 9.90. The monoisotopic (exact) mass is 380 g/mol. The molecule has 0 amide bonds. The van der Waals surface area contributed by atoms with Crippen LogP contribution in [-0.4, -0.2) is 12.6 Å². The standard InChI is InChI=1S/C11H13O3.Re/c1-9(2)13-7-10-3-5-11(6-4-10)14-8-12;/h3-6,9H,7H2,1-2H3;/q-1;. The molecular formula is C11H13O3Re-. The molecule has 0 N–H and O–H groups in total. The Morgan fingerprint density at radius 1 is 1.27 bits per heavy atom. The molecule has 0 unspecified atom stereocenters. The Bertz CT molecular complexity index is 282. The number of carbonyl (C=O) groups excluding carboxylic acids is 1. The Labute approximate surface area is 103 Å². The maximum atomic E-state index is 9.90. The molecule has 1 rings (SSSR count). The zero-order chi connectivity index (χ0) is 10.4. The average Bonchev–Trinajstić information content (AvgIpc) is 2.17. The zero-order valence-corrected chi connectivity index (χ0v) is 11.4. The van der Waals surface area contributed by atoms with Crippen LogP contribution >= 0.6 is 0 Å². The van der Waals surface area contributed by atoms with E-state index in [2.05, 4.69) is 4.74 Å². The Morgan fingerprint density at radius 2 is 1.87 bits per heavy atom. The van der Waals surface area contributed by atoms with Gasteiger partial charge in [-0.15, -0.1) is 12.1 Å². The second-order valence-corrected chi connectivity index (χ2v) is 3.19. The van der Waals surface area contributed by atoms with E-state index in [1.54, 1.807) is 12.1 Å². The molecule has 0 aromatic heterocycles. The fourth-order valence-electron chi connectivity index (χ4n) is 0.965. The van der Waals surface area contributed by atoms with Gasteiger partial charge in [0.2, 0.25) is 0 Å². The minimum Gasteiger partial charge on any atom is -0.610 e. The van der Waals surface area contributed by atoms with E-state index in [0.717, 1.165) is 5.56 Å². The van der Waals surface area contributed by atoms with Crippen LogP contribution < -0.4 is 4.74 Å². The predicted molar refractivity (Wildman–Crippen MR) is 52.7 cm³/mol. The molecule has 0 saturated carbocycles. The Morgan fingerprint density at radius 3 is 2.33 bits per heavy atom. The average molecular weight is 379 g/mol. The SMILES string of the molecule is CC(C)OCc1ccc(O[C-]=O)cc1.[Re]. The van der Waals surface area contributed by atoms with Gasteiger partial charge < -0.3 is 14.3 Å². The van der Waals surface area contributed by atoms with Gasteiger partial charge in [0.1, 0.15) is 0 Å². The van der Waals surface area contributed by atoms with Crippen LogP contribution in [0.25, 0.3) is 0 Å². The topological polar surface area (TPSA) is 35.5 Å². The first-order valence-corrected chi connectivity index (χ1v) is 4.47. The van der Waals surface area contributed by atoms with Gasteiger partial charge in [-0.25, -0.2) is 0 Å². The van der Waals surface area contributed by atoms with Crippen LogP contribution in [-0.2, 0) is 36.6 Å². The molecule has 4 heteroatoms. The summed E-state index contributed by atoms with van der Waals surface area (Å²) in [6, 6.07) is 7.14. The Kier molecular flexibility index (Phi) is 7.24. The van der Waals surface area contributed by atoms with Crippen LogP contribution in [0.5, 0.6) is 5.75 Å². The fourth-order valence-corrected chi connectivity index (χ4v) is 0.965. The predicted octanol–water partition coefficient (Wildman–Crippen LogP) is 2.06. The van der Waals surface area contributed by atoms with Crippen molar-refractivity contribution in [3.63, 3.8) is 0 Å². The smallest absolute Gasteiger partial charge is 0.170 e. The first-order chi connectivity index (χ1) is 6.72. The van der Waals surface area contributed by atoms with Crippen LogP contribution in [0.15, 0.2) is 24.3 Å². The van der Waals surface area contributed by atoms with E-state index in [4.69, 9.17) is 4.74 Å². The molecule has 3 nitrogen and oxygen atoms in total. The van der Waals surface area contributed by atoms with E-state index < -0.39 is 0 Å². The Balaban J connectivity index is 0.00000196. The van der Waals surface area contributed by atoms with E-state index in [1.807, 2.05) is 26.0 Å². The van der Waals surface area contributed by atoms with Gasteiger partial charge in [0.05, 0.1) is 12.7 Å². The molecule has 0 aliphatic heterocycles. The van der Waals surface area contributed by atoms with Gasteiger partial charge in [-0.05, 0) is 25.2 Å². The summed E-state index contributed by atoms with van der Waals surface area (Å²) in [4.78, 5) is 9.90. The fraction of sp³-hybridized carbons (Fsp3) is 0.364. The van der Waals surface area contributed by atoms with E-state index in [1.165, 1.54) is 6.47 Å². The molecule has 83 valence electrons. The van der Waals surface area contributed by atoms with Gasteiger partial charge in [0, 0.05) is 20.4 Å². The zero-order valence-electron chi connectivity index (χ0n) is 8.70. The number of hydrogen-bond donors (Lipinski definition) is 0. The van der Waals surface area contributed by atoms with Gasteiger partial charge in [0.25, 0.3) is 0 Å². The van der Waals surface area contributed by atoms with E-state index in [0.29, 0.717) is 12.4 Å². The van der Waals surface area contributed by atoms with Crippen molar-refractivity contribution in [3.8, 4) is 5.75 Å². The van der Waals surface area contributed by atoms with Gasteiger partial charge in [-0.3, -0.25) is 0 Å². The third kappa shape index (κ3) is 5.68. The molecule has 0 saturated heterocycles. The van der Waals surface area contributed by atoms with Crippen molar-refractivity contribution in [2.75, 3.05) is 0 Å². The largest absolute Gasteiger partial charge is 0.610 e. The van der Waals surface area contributed by atoms with Crippen LogP contribution in [0.3, 0.4) is 0 Å². The van der Waals surface area contributed by atoms with Crippen LogP contribution in [0.1, 0.15) is 19.4 Å². The van der Waals surface area contributed by atoms with Crippen LogP contribution in [0, 0.1) is 0 Å². The second kappa shape index (κ2) is 7.58. The summed E-state index contributed by atoms with van der Waals surface area (Å²) in [7, 11) is 0. The van der Waals surface area contributed by atoms with Crippen LogP contribution in [0.2, 0.25) is 0 Å². The molecule has 0 heterocycles. The minimum absolute atomic E-state index is 0. The van der Waals surface area contributed by atoms with Crippen molar-refractivity contribution in [1.82, 2.24) is 0 Å². The minimum atomic E-state index is 0. The Hall–Kier alpha value is -0.688. The normalized spacial score (nSPS) is 9.53. The van der Waals surface area contributed by atoms with E-state index in [-0.39, 0.29) is 26.5 Å². The van der Waals surface area contributed by atoms with Crippen molar-refractivity contribution in [2.24, 2.45) is 0 Å². The summed E-state index contributed by atoms with van der Waals surface area (Å²) in [6.07, 6.45) is 0.217. The summed E-state index contributed by atoms with van der Waals surface area (Å²) in [6.45, 7) is 5.91.